The molecule has 3 heterocycles. The Kier molecular flexibility index (Phi) is 4.60. The summed E-state index contributed by atoms with van der Waals surface area (Å²) in [5.74, 6) is -0.897. The fourth-order valence-electron chi connectivity index (χ4n) is 3.74. The van der Waals surface area contributed by atoms with Gasteiger partial charge in [0.1, 0.15) is 11.8 Å². The quantitative estimate of drug-likeness (QED) is 0.379. The van der Waals surface area contributed by atoms with Crippen LogP contribution in [0.15, 0.2) is 72.4 Å². The second-order valence-electron chi connectivity index (χ2n) is 6.97. The van der Waals surface area contributed by atoms with Crippen molar-refractivity contribution in [1.29, 1.82) is 0 Å². The number of rotatable bonds is 3. The number of Topliss-reactive ketones (excluding diaryl/α,β-unsaturated/α-hetero) is 1. The number of ether oxygens (including phenoxy) is 2. The highest BCUT2D eigenvalue weighted by Gasteiger charge is 2.47. The van der Waals surface area contributed by atoms with Crippen LogP contribution in [0.1, 0.15) is 17.3 Å². The molecule has 8 heteroatoms. The lowest BCUT2D eigenvalue weighted by molar-refractivity contribution is -0.132. The number of nitrogens with zero attached hydrogens (tertiary/aromatic N) is 2. The summed E-state index contributed by atoms with van der Waals surface area (Å²) in [4.78, 5) is 31.8. The molecule has 0 aliphatic carbocycles. The summed E-state index contributed by atoms with van der Waals surface area (Å²) >= 11 is 6.06. The maximum atomic E-state index is 13.1. The topological polar surface area (TPSA) is 89.0 Å². The number of carbonyl (C=O) groups excluding carboxylic acids is 2. The van der Waals surface area contributed by atoms with Gasteiger partial charge in [-0.05, 0) is 36.4 Å². The molecule has 154 valence electrons. The Morgan fingerprint density at radius 3 is 2.65 bits per heavy atom. The van der Waals surface area contributed by atoms with Crippen molar-refractivity contribution in [2.75, 3.05) is 11.7 Å². The van der Waals surface area contributed by atoms with Crippen molar-refractivity contribution >= 4 is 34.7 Å². The molecule has 2 aliphatic heterocycles. The van der Waals surface area contributed by atoms with Gasteiger partial charge < -0.3 is 14.6 Å². The van der Waals surface area contributed by atoms with Crippen LogP contribution >= 0.6 is 11.6 Å². The van der Waals surface area contributed by atoms with Crippen LogP contribution in [0.3, 0.4) is 0 Å². The van der Waals surface area contributed by atoms with Gasteiger partial charge in [0.2, 0.25) is 6.79 Å². The third-order valence-corrected chi connectivity index (χ3v) is 5.38. The number of benzene rings is 2. The molecule has 5 rings (SSSR count). The van der Waals surface area contributed by atoms with Gasteiger partial charge in [-0.3, -0.25) is 19.5 Å². The van der Waals surface area contributed by atoms with Crippen molar-refractivity contribution in [3.8, 4) is 11.5 Å². The zero-order valence-electron chi connectivity index (χ0n) is 16.0. The number of pyridine rings is 1. The van der Waals surface area contributed by atoms with Gasteiger partial charge in [0.05, 0.1) is 11.3 Å². The highest BCUT2D eigenvalue weighted by Crippen LogP contribution is 2.44. The highest BCUT2D eigenvalue weighted by atomic mass is 35.5. The second kappa shape index (κ2) is 7.45. The lowest BCUT2D eigenvalue weighted by Gasteiger charge is -2.24. The first-order valence-electron chi connectivity index (χ1n) is 9.42. The van der Waals surface area contributed by atoms with E-state index < -0.39 is 17.7 Å². The van der Waals surface area contributed by atoms with E-state index in [1.54, 1.807) is 60.8 Å². The molecular weight excluding hydrogens is 420 g/mol. The largest absolute Gasteiger partial charge is 0.507 e. The van der Waals surface area contributed by atoms with Gasteiger partial charge in [-0.2, -0.15) is 0 Å². The number of aromatic nitrogens is 1. The third-order valence-electron chi connectivity index (χ3n) is 5.14. The minimum Gasteiger partial charge on any atom is -0.507 e. The number of fused-ring (bicyclic) bond motifs is 1. The molecule has 2 aromatic carbocycles. The molecule has 0 saturated carbocycles. The molecule has 1 saturated heterocycles. The number of ketones is 1. The van der Waals surface area contributed by atoms with Crippen LogP contribution in [0, 0.1) is 0 Å². The standard InChI is InChI=1S/C23H15ClN2O5/c24-14-5-3-4-13(10-14)21(27)19-20(16-6-1-2-9-25-16)26(23(29)22(19)28)15-7-8-17-18(11-15)31-12-30-17/h1-11,20,27H,12H2/b21-19+. The number of hydrogen-bond acceptors (Lipinski definition) is 6. The first-order chi connectivity index (χ1) is 15.0. The number of aliphatic hydroxyl groups is 1. The number of amides is 1. The van der Waals surface area contributed by atoms with E-state index in [1.165, 1.54) is 11.0 Å². The summed E-state index contributed by atoms with van der Waals surface area (Å²) in [5.41, 5.74) is 1.12. The molecule has 0 bridgehead atoms. The predicted octanol–water partition coefficient (Wildman–Crippen LogP) is 4.09. The summed E-state index contributed by atoms with van der Waals surface area (Å²) in [6, 6.07) is 15.7. The minimum absolute atomic E-state index is 0.0661. The Labute approximate surface area is 182 Å². The van der Waals surface area contributed by atoms with Crippen molar-refractivity contribution in [3.63, 3.8) is 0 Å². The third kappa shape index (κ3) is 3.19. The second-order valence-corrected chi connectivity index (χ2v) is 7.41. The highest BCUT2D eigenvalue weighted by molar-refractivity contribution is 6.51. The van der Waals surface area contributed by atoms with Crippen LogP contribution in [-0.4, -0.2) is 28.6 Å². The van der Waals surface area contributed by atoms with Gasteiger partial charge in [0.15, 0.2) is 11.5 Å². The smallest absolute Gasteiger partial charge is 0.300 e. The van der Waals surface area contributed by atoms with E-state index in [4.69, 9.17) is 21.1 Å². The number of anilines is 1. The van der Waals surface area contributed by atoms with E-state index in [9.17, 15) is 14.7 Å². The van der Waals surface area contributed by atoms with Gasteiger partial charge in [-0.25, -0.2) is 0 Å². The molecule has 1 amide bonds. The molecule has 31 heavy (non-hydrogen) atoms. The lowest BCUT2D eigenvalue weighted by atomic mass is 9.98. The van der Waals surface area contributed by atoms with Gasteiger partial charge in [-0.15, -0.1) is 0 Å². The fraction of sp³-hybridized carbons (Fsp3) is 0.0870. The molecule has 1 fully saturated rings. The number of aliphatic hydroxyl groups excluding tert-OH is 1. The van der Waals surface area contributed by atoms with E-state index in [0.717, 1.165) is 0 Å². The van der Waals surface area contributed by atoms with Crippen molar-refractivity contribution in [2.45, 2.75) is 6.04 Å². The Morgan fingerprint density at radius 2 is 1.87 bits per heavy atom. The molecule has 2 aliphatic rings. The maximum Gasteiger partial charge on any atom is 0.300 e. The SMILES string of the molecule is O=C1C(=O)N(c2ccc3c(c2)OCO3)C(c2ccccn2)/C1=C(\O)c1cccc(Cl)c1. The van der Waals surface area contributed by atoms with Crippen LogP contribution < -0.4 is 14.4 Å². The minimum atomic E-state index is -0.930. The molecular formula is C23H15ClN2O5. The molecule has 7 nitrogen and oxygen atoms in total. The Bertz CT molecular complexity index is 1240. The molecule has 0 radical (unpaired) electrons. The number of hydrogen-bond donors (Lipinski definition) is 1. The van der Waals surface area contributed by atoms with Crippen LogP contribution in [0.25, 0.3) is 5.76 Å². The van der Waals surface area contributed by atoms with E-state index in [2.05, 4.69) is 4.98 Å². The van der Waals surface area contributed by atoms with Crippen molar-refractivity contribution in [2.24, 2.45) is 0 Å². The fourth-order valence-corrected chi connectivity index (χ4v) is 3.93. The van der Waals surface area contributed by atoms with Crippen molar-refractivity contribution < 1.29 is 24.2 Å². The first kappa shape index (κ1) is 19.1. The molecule has 1 unspecified atom stereocenters. The van der Waals surface area contributed by atoms with Crippen LogP contribution in [0.4, 0.5) is 5.69 Å². The van der Waals surface area contributed by atoms with Gasteiger partial charge in [0.25, 0.3) is 11.7 Å². The van der Waals surface area contributed by atoms with Gasteiger partial charge in [0, 0.05) is 28.5 Å². The lowest BCUT2D eigenvalue weighted by Crippen LogP contribution is -2.29. The maximum absolute atomic E-state index is 13.1. The van der Waals surface area contributed by atoms with E-state index in [1.807, 2.05) is 0 Å². The van der Waals surface area contributed by atoms with Crippen LogP contribution in [-0.2, 0) is 9.59 Å². The Hall–Kier alpha value is -3.84. The summed E-state index contributed by atoms with van der Waals surface area (Å²) in [5, 5.41) is 11.4. The predicted molar refractivity (Wildman–Crippen MR) is 113 cm³/mol. The molecule has 1 N–H and O–H groups in total. The zero-order chi connectivity index (χ0) is 21.5. The summed E-state index contributed by atoms with van der Waals surface area (Å²) < 4.78 is 10.8. The number of halogens is 1. The Balaban J connectivity index is 1.71. The summed E-state index contributed by atoms with van der Waals surface area (Å²) in [7, 11) is 0. The average Bonchev–Trinajstić information content (AvgIpc) is 3.36. The zero-order valence-corrected chi connectivity index (χ0v) is 16.7. The molecule has 0 spiro atoms. The first-order valence-corrected chi connectivity index (χ1v) is 9.80. The van der Waals surface area contributed by atoms with Gasteiger partial charge >= 0.3 is 0 Å². The van der Waals surface area contributed by atoms with Crippen LogP contribution in [0.2, 0.25) is 5.02 Å². The monoisotopic (exact) mass is 434 g/mol. The molecule has 3 aromatic rings. The molecule has 1 atom stereocenters. The summed E-state index contributed by atoms with van der Waals surface area (Å²) in [6.45, 7) is 0.0794. The number of carbonyl (C=O) groups is 2. The van der Waals surface area contributed by atoms with Crippen LogP contribution in [0.5, 0.6) is 11.5 Å². The average molecular weight is 435 g/mol. The van der Waals surface area contributed by atoms with E-state index in [0.29, 0.717) is 33.5 Å². The van der Waals surface area contributed by atoms with Crippen molar-refractivity contribution in [3.05, 3.63) is 88.7 Å². The normalized spacial score (nSPS) is 19.1. The van der Waals surface area contributed by atoms with Gasteiger partial charge in [-0.1, -0.05) is 29.8 Å². The van der Waals surface area contributed by atoms with Crippen molar-refractivity contribution in [1.82, 2.24) is 4.98 Å². The Morgan fingerprint density at radius 1 is 1.03 bits per heavy atom. The molecule has 1 aromatic heterocycles. The van der Waals surface area contributed by atoms with E-state index in [-0.39, 0.29) is 18.1 Å². The van der Waals surface area contributed by atoms with E-state index >= 15 is 0 Å². The summed E-state index contributed by atoms with van der Waals surface area (Å²) in [6.07, 6.45) is 1.56.